The first-order valence-electron chi connectivity index (χ1n) is 7.32. The molecule has 0 spiro atoms. The third-order valence-corrected chi connectivity index (χ3v) is 3.98. The van der Waals surface area contributed by atoms with Crippen molar-refractivity contribution in [2.24, 2.45) is 11.7 Å². The van der Waals surface area contributed by atoms with Crippen LogP contribution in [0.5, 0.6) is 0 Å². The summed E-state index contributed by atoms with van der Waals surface area (Å²) in [5.41, 5.74) is 6.61. The molecule has 0 bridgehead atoms. The second-order valence-electron chi connectivity index (χ2n) is 5.54. The van der Waals surface area contributed by atoms with Crippen LogP contribution in [0.4, 0.5) is 5.82 Å². The molecule has 1 aromatic rings. The summed E-state index contributed by atoms with van der Waals surface area (Å²) in [5.74, 6) is 0.709. The average Bonchev–Trinajstić information content (AvgIpc) is 2.43. The zero-order valence-corrected chi connectivity index (χ0v) is 12.3. The number of nitrogens with two attached hydrogens (primary N) is 1. The van der Waals surface area contributed by atoms with Crippen LogP contribution >= 0.6 is 0 Å². The molecular formula is C15H24N4O. The number of rotatable bonds is 5. The number of nitrogens with one attached hydrogen (secondary N) is 1. The number of aromatic nitrogens is 1. The summed E-state index contributed by atoms with van der Waals surface area (Å²) in [7, 11) is 0. The van der Waals surface area contributed by atoms with E-state index in [4.69, 9.17) is 5.73 Å². The second-order valence-corrected chi connectivity index (χ2v) is 5.54. The quantitative estimate of drug-likeness (QED) is 0.857. The Bertz CT molecular complexity index is 446. The molecule has 0 radical (unpaired) electrons. The number of nitrogens with zero attached hydrogens (tertiary/aromatic N) is 2. The van der Waals surface area contributed by atoms with E-state index in [0.29, 0.717) is 6.04 Å². The molecule has 3 N–H and O–H groups in total. The lowest BCUT2D eigenvalue weighted by atomic mass is 9.92. The second kappa shape index (κ2) is 6.70. The number of carbonyl (C=O) groups excluding carboxylic acids is 1. The van der Waals surface area contributed by atoms with Gasteiger partial charge in [0.25, 0.3) is 0 Å². The number of piperidine rings is 1. The van der Waals surface area contributed by atoms with Gasteiger partial charge in [0, 0.05) is 31.9 Å². The van der Waals surface area contributed by atoms with Crippen molar-refractivity contribution in [2.45, 2.75) is 39.3 Å². The molecule has 5 heteroatoms. The summed E-state index contributed by atoms with van der Waals surface area (Å²) in [6.07, 6.45) is 3.83. The van der Waals surface area contributed by atoms with Gasteiger partial charge in [0.15, 0.2) is 0 Å². The summed E-state index contributed by atoms with van der Waals surface area (Å²) >= 11 is 0. The van der Waals surface area contributed by atoms with Gasteiger partial charge < -0.3 is 11.1 Å². The minimum absolute atomic E-state index is 0.0137. The number of primary amides is 1. The molecule has 2 rings (SSSR count). The molecular weight excluding hydrogens is 252 g/mol. The lowest BCUT2D eigenvalue weighted by molar-refractivity contribution is -0.124. The molecule has 1 fully saturated rings. The average molecular weight is 276 g/mol. The van der Waals surface area contributed by atoms with E-state index in [1.807, 2.05) is 12.3 Å². The Morgan fingerprint density at radius 3 is 2.90 bits per heavy atom. The molecule has 20 heavy (non-hydrogen) atoms. The lowest BCUT2D eigenvalue weighted by Gasteiger charge is -2.36. The van der Waals surface area contributed by atoms with Crippen molar-refractivity contribution < 1.29 is 4.79 Å². The van der Waals surface area contributed by atoms with Gasteiger partial charge in [-0.3, -0.25) is 9.69 Å². The van der Waals surface area contributed by atoms with E-state index >= 15 is 0 Å². The highest BCUT2D eigenvalue weighted by Crippen LogP contribution is 2.23. The highest BCUT2D eigenvalue weighted by atomic mass is 16.1. The van der Waals surface area contributed by atoms with Crippen molar-refractivity contribution in [3.63, 3.8) is 0 Å². The third kappa shape index (κ3) is 3.70. The van der Waals surface area contributed by atoms with Crippen LogP contribution < -0.4 is 11.1 Å². The highest BCUT2D eigenvalue weighted by Gasteiger charge is 2.28. The van der Waals surface area contributed by atoms with Crippen LogP contribution in [-0.4, -0.2) is 34.9 Å². The standard InChI is InChI=1S/C15H24N4O/c1-3-17-14-7-5-12(8-18-14)9-19-10-13(15(16)20)6-4-11(19)2/h5,7-8,11,13H,3-4,6,9-10H2,1-2H3,(H2,16,20)(H,17,18). The third-order valence-electron chi connectivity index (χ3n) is 3.98. The molecule has 1 aliphatic rings. The van der Waals surface area contributed by atoms with Crippen molar-refractivity contribution in [3.8, 4) is 0 Å². The van der Waals surface area contributed by atoms with E-state index in [1.165, 1.54) is 5.56 Å². The number of likely N-dealkylation sites (tertiary alicyclic amines) is 1. The first-order valence-corrected chi connectivity index (χ1v) is 7.32. The maximum absolute atomic E-state index is 11.4. The molecule has 2 unspecified atom stereocenters. The lowest BCUT2D eigenvalue weighted by Crippen LogP contribution is -2.45. The van der Waals surface area contributed by atoms with Crippen LogP contribution in [0.1, 0.15) is 32.3 Å². The summed E-state index contributed by atoms with van der Waals surface area (Å²) in [5, 5.41) is 3.18. The predicted molar refractivity (Wildman–Crippen MR) is 80.2 cm³/mol. The number of amides is 1. The van der Waals surface area contributed by atoms with E-state index in [2.05, 4.69) is 35.1 Å². The van der Waals surface area contributed by atoms with Crippen molar-refractivity contribution in [1.29, 1.82) is 0 Å². The van der Waals surface area contributed by atoms with E-state index in [0.717, 1.165) is 38.3 Å². The normalized spacial score (nSPS) is 23.5. The van der Waals surface area contributed by atoms with Gasteiger partial charge in [-0.15, -0.1) is 0 Å². The van der Waals surface area contributed by atoms with Gasteiger partial charge >= 0.3 is 0 Å². The number of hydrogen-bond acceptors (Lipinski definition) is 4. The number of anilines is 1. The van der Waals surface area contributed by atoms with Gasteiger partial charge in [0.1, 0.15) is 5.82 Å². The summed E-state index contributed by atoms with van der Waals surface area (Å²) in [6.45, 7) is 6.71. The monoisotopic (exact) mass is 276 g/mol. The SMILES string of the molecule is CCNc1ccc(CN2CC(C(N)=O)CCC2C)cn1. The molecule has 0 aromatic carbocycles. The zero-order valence-electron chi connectivity index (χ0n) is 12.3. The summed E-state index contributed by atoms with van der Waals surface area (Å²) in [6, 6.07) is 4.57. The van der Waals surface area contributed by atoms with E-state index in [9.17, 15) is 4.79 Å². The van der Waals surface area contributed by atoms with Gasteiger partial charge in [0.2, 0.25) is 5.91 Å². The fourth-order valence-corrected chi connectivity index (χ4v) is 2.67. The topological polar surface area (TPSA) is 71.2 Å². The highest BCUT2D eigenvalue weighted by molar-refractivity contribution is 5.76. The fraction of sp³-hybridized carbons (Fsp3) is 0.600. The summed E-state index contributed by atoms with van der Waals surface area (Å²) < 4.78 is 0. The predicted octanol–water partition coefficient (Wildman–Crippen LogP) is 1.60. The van der Waals surface area contributed by atoms with Crippen molar-refractivity contribution in [2.75, 3.05) is 18.4 Å². The maximum Gasteiger partial charge on any atom is 0.221 e. The molecule has 1 saturated heterocycles. The number of hydrogen-bond donors (Lipinski definition) is 2. The van der Waals surface area contributed by atoms with Crippen molar-refractivity contribution in [3.05, 3.63) is 23.9 Å². The van der Waals surface area contributed by atoms with Crippen molar-refractivity contribution in [1.82, 2.24) is 9.88 Å². The first-order chi connectivity index (χ1) is 9.60. The van der Waals surface area contributed by atoms with Crippen LogP contribution in [0.15, 0.2) is 18.3 Å². The minimum Gasteiger partial charge on any atom is -0.370 e. The number of pyridine rings is 1. The van der Waals surface area contributed by atoms with Crippen LogP contribution in [0.25, 0.3) is 0 Å². The Labute approximate surface area is 120 Å². The smallest absolute Gasteiger partial charge is 0.221 e. The van der Waals surface area contributed by atoms with Gasteiger partial charge in [-0.05, 0) is 38.3 Å². The van der Waals surface area contributed by atoms with Crippen LogP contribution in [0.2, 0.25) is 0 Å². The van der Waals surface area contributed by atoms with E-state index in [1.54, 1.807) is 0 Å². The fourth-order valence-electron chi connectivity index (χ4n) is 2.67. The minimum atomic E-state index is -0.178. The van der Waals surface area contributed by atoms with Crippen LogP contribution in [0, 0.1) is 5.92 Å². The Kier molecular flexibility index (Phi) is 4.95. The summed E-state index contributed by atoms with van der Waals surface area (Å²) in [4.78, 5) is 18.1. The molecule has 110 valence electrons. The first kappa shape index (κ1) is 14.8. The van der Waals surface area contributed by atoms with Crippen LogP contribution in [-0.2, 0) is 11.3 Å². The molecule has 0 saturated carbocycles. The van der Waals surface area contributed by atoms with E-state index in [-0.39, 0.29) is 11.8 Å². The van der Waals surface area contributed by atoms with Crippen LogP contribution in [0.3, 0.4) is 0 Å². The van der Waals surface area contributed by atoms with Gasteiger partial charge in [-0.2, -0.15) is 0 Å². The molecule has 1 amide bonds. The molecule has 1 aromatic heterocycles. The molecule has 2 atom stereocenters. The number of carbonyl (C=O) groups is 1. The maximum atomic E-state index is 11.4. The molecule has 2 heterocycles. The van der Waals surface area contributed by atoms with Crippen molar-refractivity contribution >= 4 is 11.7 Å². The van der Waals surface area contributed by atoms with Gasteiger partial charge in [0.05, 0.1) is 5.92 Å². The van der Waals surface area contributed by atoms with E-state index < -0.39 is 0 Å². The molecule has 5 nitrogen and oxygen atoms in total. The van der Waals surface area contributed by atoms with Gasteiger partial charge in [-0.1, -0.05) is 6.07 Å². The Morgan fingerprint density at radius 2 is 2.30 bits per heavy atom. The Balaban J connectivity index is 1.98. The zero-order chi connectivity index (χ0) is 14.5. The Hall–Kier alpha value is -1.62. The molecule has 0 aliphatic carbocycles. The van der Waals surface area contributed by atoms with Gasteiger partial charge in [-0.25, -0.2) is 4.98 Å². The molecule has 1 aliphatic heterocycles. The largest absolute Gasteiger partial charge is 0.370 e. The Morgan fingerprint density at radius 1 is 1.50 bits per heavy atom.